The molecule has 3 atom stereocenters. The summed E-state index contributed by atoms with van der Waals surface area (Å²) in [6.07, 6.45) is -7.28. The number of halogens is 6. The van der Waals surface area contributed by atoms with Gasteiger partial charge in [0.1, 0.15) is 12.3 Å². The molecule has 1 aliphatic heterocycles. The van der Waals surface area contributed by atoms with Gasteiger partial charge in [-0.1, -0.05) is 49.2 Å². The monoisotopic (exact) mass is 602 g/mol. The molecule has 4 rings (SSSR count). The zero-order valence-corrected chi connectivity index (χ0v) is 23.2. The van der Waals surface area contributed by atoms with Crippen LogP contribution in [-0.4, -0.2) is 62.0 Å². The van der Waals surface area contributed by atoms with Gasteiger partial charge in [-0.15, -0.1) is 0 Å². The lowest BCUT2D eigenvalue weighted by molar-refractivity contribution is -0.899. The van der Waals surface area contributed by atoms with Gasteiger partial charge in [-0.25, -0.2) is 9.59 Å². The highest BCUT2D eigenvalue weighted by Crippen LogP contribution is 2.46. The lowest BCUT2D eigenvalue weighted by Crippen LogP contribution is -2.51. The number of likely N-dealkylation sites (N-methyl/N-ethyl adjacent to an activating group) is 1. The van der Waals surface area contributed by atoms with Crippen molar-refractivity contribution in [3.63, 3.8) is 0 Å². The second-order valence-electron chi connectivity index (χ2n) is 11.3. The SMILES string of the molecule is C[N+]1(CCCOc2cccc(C(F)(F)F)c2)CCC(OC(=O)C(OC(=O)C(F)(F)F)(c2ccccc2)C2CCCC2)C1. The minimum Gasteiger partial charge on any atom is -0.493 e. The molecule has 1 heterocycles. The van der Waals surface area contributed by atoms with Crippen molar-refractivity contribution in [1.29, 1.82) is 0 Å². The van der Waals surface area contributed by atoms with E-state index in [1.807, 2.05) is 7.05 Å². The molecule has 1 saturated carbocycles. The van der Waals surface area contributed by atoms with Gasteiger partial charge in [-0.05, 0) is 31.0 Å². The number of likely N-dealkylation sites (tertiary alicyclic amines) is 1. The molecule has 0 spiro atoms. The zero-order valence-electron chi connectivity index (χ0n) is 23.2. The molecule has 6 nitrogen and oxygen atoms in total. The molecular formula is C30H34F6NO5+. The predicted octanol–water partition coefficient (Wildman–Crippen LogP) is 6.43. The highest BCUT2D eigenvalue weighted by molar-refractivity contribution is 5.87. The van der Waals surface area contributed by atoms with Gasteiger partial charge in [-0.2, -0.15) is 26.3 Å². The molecule has 0 bridgehead atoms. The summed E-state index contributed by atoms with van der Waals surface area (Å²) >= 11 is 0. The van der Waals surface area contributed by atoms with Crippen molar-refractivity contribution < 1.29 is 54.6 Å². The highest BCUT2D eigenvalue weighted by Gasteiger charge is 2.57. The molecule has 2 aromatic carbocycles. The first kappa shape index (κ1) is 31.7. The first-order valence-corrected chi connectivity index (χ1v) is 13.9. The van der Waals surface area contributed by atoms with Crippen molar-refractivity contribution in [3.8, 4) is 5.75 Å². The fourth-order valence-electron chi connectivity index (χ4n) is 5.99. The number of ether oxygens (including phenoxy) is 3. The molecule has 3 unspecified atom stereocenters. The van der Waals surface area contributed by atoms with E-state index in [-0.39, 0.29) is 17.9 Å². The van der Waals surface area contributed by atoms with E-state index in [1.165, 1.54) is 24.3 Å². The molecule has 2 aliphatic rings. The van der Waals surface area contributed by atoms with E-state index in [2.05, 4.69) is 0 Å². The van der Waals surface area contributed by atoms with Crippen molar-refractivity contribution in [2.75, 3.05) is 33.3 Å². The summed E-state index contributed by atoms with van der Waals surface area (Å²) in [5.41, 5.74) is -2.88. The largest absolute Gasteiger partial charge is 0.493 e. The smallest absolute Gasteiger partial charge is 0.490 e. The van der Waals surface area contributed by atoms with Crippen LogP contribution in [0.4, 0.5) is 26.3 Å². The van der Waals surface area contributed by atoms with Crippen LogP contribution in [-0.2, 0) is 30.8 Å². The summed E-state index contributed by atoms with van der Waals surface area (Å²) in [6, 6.07) is 12.4. The Kier molecular flexibility index (Phi) is 9.44. The van der Waals surface area contributed by atoms with Crippen LogP contribution in [0.1, 0.15) is 49.7 Å². The van der Waals surface area contributed by atoms with Crippen LogP contribution >= 0.6 is 0 Å². The third-order valence-electron chi connectivity index (χ3n) is 8.10. The van der Waals surface area contributed by atoms with Gasteiger partial charge in [0, 0.05) is 24.3 Å². The van der Waals surface area contributed by atoms with Crippen LogP contribution in [0.15, 0.2) is 54.6 Å². The van der Waals surface area contributed by atoms with Crippen molar-refractivity contribution in [1.82, 2.24) is 0 Å². The summed E-state index contributed by atoms with van der Waals surface area (Å²) in [4.78, 5) is 26.0. The molecule has 2 aromatic rings. The maximum absolute atomic E-state index is 13.8. The van der Waals surface area contributed by atoms with Gasteiger partial charge in [-0.3, -0.25) is 0 Å². The first-order valence-electron chi connectivity index (χ1n) is 13.9. The Morgan fingerprint density at radius 2 is 1.55 bits per heavy atom. The Bertz CT molecular complexity index is 1230. The Labute approximate surface area is 240 Å². The van der Waals surface area contributed by atoms with Crippen LogP contribution in [0.2, 0.25) is 0 Å². The summed E-state index contributed by atoms with van der Waals surface area (Å²) < 4.78 is 95.9. The lowest BCUT2D eigenvalue weighted by Gasteiger charge is -2.37. The van der Waals surface area contributed by atoms with Crippen molar-refractivity contribution in [3.05, 3.63) is 65.7 Å². The molecule has 1 saturated heterocycles. The maximum atomic E-state index is 13.8. The van der Waals surface area contributed by atoms with Gasteiger partial charge in [0.25, 0.3) is 0 Å². The Balaban J connectivity index is 1.42. The second kappa shape index (κ2) is 12.5. The lowest BCUT2D eigenvalue weighted by atomic mass is 9.79. The fraction of sp³-hybridized carbons (Fsp3) is 0.533. The van der Waals surface area contributed by atoms with E-state index in [4.69, 9.17) is 14.2 Å². The van der Waals surface area contributed by atoms with Gasteiger partial charge in [0.05, 0.1) is 32.3 Å². The third-order valence-corrected chi connectivity index (χ3v) is 8.10. The molecular weight excluding hydrogens is 568 g/mol. The molecule has 230 valence electrons. The minimum absolute atomic E-state index is 0.110. The summed E-state index contributed by atoms with van der Waals surface area (Å²) in [5, 5.41) is 0. The first-order chi connectivity index (χ1) is 19.7. The number of alkyl halides is 6. The Morgan fingerprint density at radius 3 is 2.19 bits per heavy atom. The molecule has 0 amide bonds. The average Bonchev–Trinajstić information content (AvgIpc) is 3.60. The maximum Gasteiger partial charge on any atom is 0.490 e. The number of nitrogens with zero attached hydrogens (tertiary/aromatic N) is 1. The van der Waals surface area contributed by atoms with Crippen molar-refractivity contribution in [2.24, 2.45) is 5.92 Å². The molecule has 1 aliphatic carbocycles. The van der Waals surface area contributed by atoms with Gasteiger partial charge in [0.15, 0.2) is 6.10 Å². The molecule has 0 aromatic heterocycles. The van der Waals surface area contributed by atoms with Crippen LogP contribution in [0.25, 0.3) is 0 Å². The predicted molar refractivity (Wildman–Crippen MR) is 139 cm³/mol. The van der Waals surface area contributed by atoms with E-state index >= 15 is 0 Å². The van der Waals surface area contributed by atoms with Crippen LogP contribution in [0.3, 0.4) is 0 Å². The number of esters is 2. The third kappa shape index (κ3) is 7.37. The standard InChI is InChI=1S/C30H34F6NO5/c1-37(16-8-18-40-24-14-7-13-23(19-24)29(31,32)33)17-15-25(20-37)41-26(38)28(22-11-5-6-12-22,21-9-3-2-4-10-21)42-27(39)30(34,35)36/h2-4,7,9-10,13-14,19,22,25H,5-6,8,11-12,15-18,20H2,1H3/q+1. The molecule has 42 heavy (non-hydrogen) atoms. The normalized spacial score (nSPS) is 22.9. The van der Waals surface area contributed by atoms with Crippen molar-refractivity contribution >= 4 is 11.9 Å². The van der Waals surface area contributed by atoms with Crippen LogP contribution < -0.4 is 4.74 Å². The number of hydrogen-bond acceptors (Lipinski definition) is 5. The zero-order chi connectivity index (χ0) is 30.6. The summed E-state index contributed by atoms with van der Waals surface area (Å²) in [6.45, 7) is 1.72. The number of rotatable bonds is 10. The Hall–Kier alpha value is -3.28. The number of carbonyl (C=O) groups is 2. The highest BCUT2D eigenvalue weighted by atomic mass is 19.4. The summed E-state index contributed by atoms with van der Waals surface area (Å²) in [7, 11) is 1.93. The van der Waals surface area contributed by atoms with Crippen molar-refractivity contribution in [2.45, 2.75) is 62.6 Å². The second-order valence-corrected chi connectivity index (χ2v) is 11.3. The molecule has 0 N–H and O–H groups in total. The van der Waals surface area contributed by atoms with Gasteiger partial charge in [0.2, 0.25) is 5.60 Å². The van der Waals surface area contributed by atoms with E-state index in [0.29, 0.717) is 62.6 Å². The molecule has 12 heteroatoms. The Morgan fingerprint density at radius 1 is 0.881 bits per heavy atom. The summed E-state index contributed by atoms with van der Waals surface area (Å²) in [5.74, 6) is -4.01. The number of carbonyl (C=O) groups excluding carboxylic acids is 2. The number of quaternary nitrogens is 1. The van der Waals surface area contributed by atoms with Gasteiger partial charge < -0.3 is 18.7 Å². The fourth-order valence-corrected chi connectivity index (χ4v) is 5.99. The van der Waals surface area contributed by atoms with E-state index in [9.17, 15) is 35.9 Å². The average molecular weight is 603 g/mol. The van der Waals surface area contributed by atoms with E-state index in [0.717, 1.165) is 12.1 Å². The molecule has 0 radical (unpaired) electrons. The quantitative estimate of drug-likeness (QED) is 0.136. The van der Waals surface area contributed by atoms with Crippen LogP contribution in [0, 0.1) is 5.92 Å². The van der Waals surface area contributed by atoms with Crippen LogP contribution in [0.5, 0.6) is 5.75 Å². The molecule has 2 fully saturated rings. The van der Waals surface area contributed by atoms with E-state index in [1.54, 1.807) is 18.2 Å². The number of benzene rings is 2. The minimum atomic E-state index is -5.29. The van der Waals surface area contributed by atoms with Gasteiger partial charge >= 0.3 is 24.3 Å². The number of hydrogen-bond donors (Lipinski definition) is 0. The van der Waals surface area contributed by atoms with E-state index < -0.39 is 47.5 Å². The topological polar surface area (TPSA) is 61.8 Å².